The van der Waals surface area contributed by atoms with E-state index in [1.54, 1.807) is 33.5 Å². The Morgan fingerprint density at radius 1 is 1.00 bits per heavy atom. The smallest absolute Gasteiger partial charge is 0.257 e. The minimum Gasteiger partial charge on any atom is -0.493 e. The Kier molecular flexibility index (Phi) is 3.13. The van der Waals surface area contributed by atoms with E-state index >= 15 is 0 Å². The molecule has 0 bridgehead atoms. The predicted octanol–water partition coefficient (Wildman–Crippen LogP) is 1.76. The molecule has 0 fully saturated rings. The lowest BCUT2D eigenvalue weighted by atomic mass is 10.2. The van der Waals surface area contributed by atoms with Gasteiger partial charge in [-0.3, -0.25) is 0 Å². The lowest BCUT2D eigenvalue weighted by molar-refractivity contribution is 0.324. The Balaban J connectivity index is 2.56. The van der Waals surface area contributed by atoms with Crippen molar-refractivity contribution < 1.29 is 18.7 Å². The van der Waals surface area contributed by atoms with Crippen LogP contribution in [0.1, 0.15) is 0 Å². The van der Waals surface area contributed by atoms with Crippen LogP contribution in [0.5, 0.6) is 17.2 Å². The normalized spacial score (nSPS) is 10.1. The second-order valence-electron chi connectivity index (χ2n) is 3.16. The molecule has 0 amide bonds. The topological polar surface area (TPSA) is 66.6 Å². The zero-order valence-corrected chi connectivity index (χ0v) is 9.76. The predicted molar refractivity (Wildman–Crippen MR) is 59.4 cm³/mol. The standard InChI is InChI=1S/C11H12N2O4/c1-14-8-4-7(11-12-6-13-17-11)5-9(15-2)10(8)16-3/h4-6H,1-3H3. The van der Waals surface area contributed by atoms with Gasteiger partial charge in [-0.2, -0.15) is 4.98 Å². The summed E-state index contributed by atoms with van der Waals surface area (Å²) < 4.78 is 20.6. The minimum absolute atomic E-state index is 0.393. The van der Waals surface area contributed by atoms with Crippen LogP contribution in [0.25, 0.3) is 11.5 Å². The number of ether oxygens (including phenoxy) is 3. The number of hydrogen-bond donors (Lipinski definition) is 0. The second kappa shape index (κ2) is 4.73. The van der Waals surface area contributed by atoms with Crippen molar-refractivity contribution in [3.8, 4) is 28.7 Å². The highest BCUT2D eigenvalue weighted by atomic mass is 16.5. The van der Waals surface area contributed by atoms with E-state index in [0.29, 0.717) is 28.7 Å². The van der Waals surface area contributed by atoms with Gasteiger partial charge in [0.15, 0.2) is 17.8 Å². The van der Waals surface area contributed by atoms with Gasteiger partial charge in [-0.05, 0) is 12.1 Å². The van der Waals surface area contributed by atoms with Crippen LogP contribution in [0.15, 0.2) is 23.0 Å². The van der Waals surface area contributed by atoms with Gasteiger partial charge in [0.25, 0.3) is 5.89 Å². The third-order valence-corrected chi connectivity index (χ3v) is 2.27. The Morgan fingerprint density at radius 2 is 1.65 bits per heavy atom. The number of benzene rings is 1. The molecule has 0 unspecified atom stereocenters. The molecule has 90 valence electrons. The van der Waals surface area contributed by atoms with Crippen molar-refractivity contribution in [2.45, 2.75) is 0 Å². The molecule has 1 heterocycles. The van der Waals surface area contributed by atoms with Crippen molar-refractivity contribution in [2.75, 3.05) is 21.3 Å². The van der Waals surface area contributed by atoms with Crippen molar-refractivity contribution in [1.29, 1.82) is 0 Å². The monoisotopic (exact) mass is 236 g/mol. The molecule has 0 saturated heterocycles. The first kappa shape index (κ1) is 11.3. The van der Waals surface area contributed by atoms with Gasteiger partial charge in [-0.1, -0.05) is 5.16 Å². The highest BCUT2D eigenvalue weighted by Gasteiger charge is 2.16. The van der Waals surface area contributed by atoms with E-state index in [4.69, 9.17) is 18.7 Å². The van der Waals surface area contributed by atoms with Crippen LogP contribution >= 0.6 is 0 Å². The van der Waals surface area contributed by atoms with E-state index in [0.717, 1.165) is 0 Å². The molecule has 0 aliphatic carbocycles. The van der Waals surface area contributed by atoms with E-state index < -0.39 is 0 Å². The number of aromatic nitrogens is 2. The summed E-state index contributed by atoms with van der Waals surface area (Å²) in [6, 6.07) is 3.49. The van der Waals surface area contributed by atoms with Gasteiger partial charge in [0, 0.05) is 5.56 Å². The van der Waals surface area contributed by atoms with Gasteiger partial charge in [0.2, 0.25) is 5.75 Å². The Bertz CT molecular complexity index is 471. The van der Waals surface area contributed by atoms with E-state index in [-0.39, 0.29) is 0 Å². The van der Waals surface area contributed by atoms with Gasteiger partial charge >= 0.3 is 0 Å². The highest BCUT2D eigenvalue weighted by Crippen LogP contribution is 2.40. The van der Waals surface area contributed by atoms with Crippen LogP contribution < -0.4 is 14.2 Å². The van der Waals surface area contributed by atoms with Crippen LogP contribution in [0.3, 0.4) is 0 Å². The molecule has 0 radical (unpaired) electrons. The molecule has 2 rings (SSSR count). The summed E-state index contributed by atoms with van der Waals surface area (Å²) in [5.41, 5.74) is 0.706. The molecule has 0 spiro atoms. The first-order valence-corrected chi connectivity index (χ1v) is 4.87. The van der Waals surface area contributed by atoms with Gasteiger partial charge < -0.3 is 18.7 Å². The average molecular weight is 236 g/mol. The molecule has 0 aliphatic rings. The van der Waals surface area contributed by atoms with Crippen LogP contribution in [-0.2, 0) is 0 Å². The van der Waals surface area contributed by atoms with Crippen molar-refractivity contribution in [3.63, 3.8) is 0 Å². The van der Waals surface area contributed by atoms with Gasteiger partial charge in [-0.15, -0.1) is 0 Å². The lowest BCUT2D eigenvalue weighted by Crippen LogP contribution is -1.95. The van der Waals surface area contributed by atoms with Crippen LogP contribution in [0, 0.1) is 0 Å². The summed E-state index contributed by atoms with van der Waals surface area (Å²) in [7, 11) is 4.65. The third kappa shape index (κ3) is 2.01. The van der Waals surface area contributed by atoms with E-state index in [2.05, 4.69) is 10.1 Å². The Hall–Kier alpha value is -2.24. The molecule has 6 heteroatoms. The Labute approximate surface area is 98.1 Å². The van der Waals surface area contributed by atoms with Crippen LogP contribution in [-0.4, -0.2) is 31.5 Å². The summed E-state index contributed by atoms with van der Waals surface area (Å²) in [6.07, 6.45) is 1.33. The SMILES string of the molecule is COc1cc(-c2ncno2)cc(OC)c1OC. The van der Waals surface area contributed by atoms with Crippen LogP contribution in [0.4, 0.5) is 0 Å². The molecule has 17 heavy (non-hydrogen) atoms. The third-order valence-electron chi connectivity index (χ3n) is 2.27. The molecule has 1 aromatic heterocycles. The summed E-state index contributed by atoms with van der Waals surface area (Å²) in [4.78, 5) is 3.96. The molecular formula is C11H12N2O4. The largest absolute Gasteiger partial charge is 0.493 e. The Morgan fingerprint density at radius 3 is 2.06 bits per heavy atom. The summed E-state index contributed by atoms with van der Waals surface area (Å²) >= 11 is 0. The average Bonchev–Trinajstić information content (AvgIpc) is 2.90. The van der Waals surface area contributed by atoms with Gasteiger partial charge in [0.1, 0.15) is 0 Å². The van der Waals surface area contributed by atoms with Crippen molar-refractivity contribution in [3.05, 3.63) is 18.5 Å². The van der Waals surface area contributed by atoms with Crippen molar-refractivity contribution >= 4 is 0 Å². The fraction of sp³-hybridized carbons (Fsp3) is 0.273. The maximum atomic E-state index is 5.22. The summed E-state index contributed by atoms with van der Waals surface area (Å²) in [5, 5.41) is 3.55. The fourth-order valence-electron chi connectivity index (χ4n) is 1.50. The summed E-state index contributed by atoms with van der Waals surface area (Å²) in [5.74, 6) is 2.00. The van der Waals surface area contributed by atoms with E-state index in [9.17, 15) is 0 Å². The molecular weight excluding hydrogens is 224 g/mol. The number of hydrogen-bond acceptors (Lipinski definition) is 6. The molecule has 0 saturated carbocycles. The van der Waals surface area contributed by atoms with Crippen molar-refractivity contribution in [2.24, 2.45) is 0 Å². The molecule has 1 aromatic carbocycles. The van der Waals surface area contributed by atoms with Crippen LogP contribution in [0.2, 0.25) is 0 Å². The lowest BCUT2D eigenvalue weighted by Gasteiger charge is -2.12. The second-order valence-corrected chi connectivity index (χ2v) is 3.16. The first-order valence-electron chi connectivity index (χ1n) is 4.87. The molecule has 0 N–H and O–H groups in total. The quantitative estimate of drug-likeness (QED) is 0.805. The molecule has 6 nitrogen and oxygen atoms in total. The minimum atomic E-state index is 0.393. The molecule has 0 aliphatic heterocycles. The summed E-state index contributed by atoms with van der Waals surface area (Å²) in [6.45, 7) is 0. The van der Waals surface area contributed by atoms with E-state index in [1.165, 1.54) is 6.33 Å². The zero-order chi connectivity index (χ0) is 12.3. The first-order chi connectivity index (χ1) is 8.30. The highest BCUT2D eigenvalue weighted by molar-refractivity contribution is 5.65. The van der Waals surface area contributed by atoms with Gasteiger partial charge in [0.05, 0.1) is 21.3 Å². The zero-order valence-electron chi connectivity index (χ0n) is 9.76. The molecule has 2 aromatic rings. The maximum Gasteiger partial charge on any atom is 0.257 e. The maximum absolute atomic E-state index is 5.22. The van der Waals surface area contributed by atoms with E-state index in [1.807, 2.05) is 0 Å². The number of methoxy groups -OCH3 is 3. The van der Waals surface area contributed by atoms with Crippen molar-refractivity contribution in [1.82, 2.24) is 10.1 Å². The number of nitrogens with zero attached hydrogens (tertiary/aromatic N) is 2. The molecule has 0 atom stereocenters. The number of rotatable bonds is 4. The van der Waals surface area contributed by atoms with Gasteiger partial charge in [-0.25, -0.2) is 0 Å². The fourth-order valence-corrected chi connectivity index (χ4v) is 1.50.